The van der Waals surface area contributed by atoms with Crippen LogP contribution in [0.2, 0.25) is 0 Å². The Kier molecular flexibility index (Phi) is 5.48. The summed E-state index contributed by atoms with van der Waals surface area (Å²) in [6, 6.07) is 10.7. The van der Waals surface area contributed by atoms with Crippen LogP contribution in [0.3, 0.4) is 0 Å². The minimum Gasteiger partial charge on any atom is -0.381 e. The van der Waals surface area contributed by atoms with E-state index in [0.29, 0.717) is 43.4 Å². The lowest BCUT2D eigenvalue weighted by atomic mass is 9.85. The second kappa shape index (κ2) is 8.01. The van der Waals surface area contributed by atoms with Gasteiger partial charge in [-0.25, -0.2) is 0 Å². The van der Waals surface area contributed by atoms with Gasteiger partial charge in [-0.3, -0.25) is 9.59 Å². The monoisotopic (exact) mass is 370 g/mol. The van der Waals surface area contributed by atoms with Crippen molar-refractivity contribution in [1.29, 1.82) is 0 Å². The van der Waals surface area contributed by atoms with Crippen molar-refractivity contribution in [3.63, 3.8) is 0 Å². The van der Waals surface area contributed by atoms with Crippen molar-refractivity contribution >= 4 is 11.8 Å². The van der Waals surface area contributed by atoms with Gasteiger partial charge in [0.25, 0.3) is 0 Å². The topological polar surface area (TPSA) is 58.6 Å². The van der Waals surface area contributed by atoms with E-state index in [1.165, 1.54) is 5.56 Å². The lowest BCUT2D eigenvalue weighted by Crippen LogP contribution is -2.39. The number of carbonyl (C=O) groups excluding carboxylic acids is 2. The number of methoxy groups -OCH3 is 1. The quantitative estimate of drug-likeness (QED) is 0.838. The highest BCUT2D eigenvalue weighted by molar-refractivity contribution is 5.83. The highest BCUT2D eigenvalue weighted by Gasteiger charge is 2.48. The molecule has 2 aliphatic carbocycles. The zero-order valence-electron chi connectivity index (χ0n) is 16.1. The summed E-state index contributed by atoms with van der Waals surface area (Å²) in [6.45, 7) is 0.657. The van der Waals surface area contributed by atoms with Gasteiger partial charge in [0.1, 0.15) is 0 Å². The fraction of sp³-hybridized carbons (Fsp3) is 0.636. The molecule has 5 nitrogen and oxygen atoms in total. The SMILES string of the molecule is COC1CCCC(CC(=O)NC2CC(=O)N(C3CC3c3ccccc3)C2)C1. The number of benzene rings is 1. The van der Waals surface area contributed by atoms with Crippen LogP contribution in [0, 0.1) is 5.92 Å². The highest BCUT2D eigenvalue weighted by Crippen LogP contribution is 2.45. The molecule has 3 aliphatic rings. The van der Waals surface area contributed by atoms with E-state index in [0.717, 1.165) is 32.1 Å². The Morgan fingerprint density at radius 3 is 2.81 bits per heavy atom. The van der Waals surface area contributed by atoms with Crippen LogP contribution in [-0.2, 0) is 14.3 Å². The van der Waals surface area contributed by atoms with Gasteiger partial charge < -0.3 is 15.0 Å². The van der Waals surface area contributed by atoms with Gasteiger partial charge in [0.15, 0.2) is 0 Å². The van der Waals surface area contributed by atoms with Crippen molar-refractivity contribution in [2.75, 3.05) is 13.7 Å². The molecule has 0 bridgehead atoms. The van der Waals surface area contributed by atoms with Gasteiger partial charge in [0.2, 0.25) is 11.8 Å². The van der Waals surface area contributed by atoms with Crippen molar-refractivity contribution in [3.05, 3.63) is 35.9 Å². The van der Waals surface area contributed by atoms with E-state index < -0.39 is 0 Å². The summed E-state index contributed by atoms with van der Waals surface area (Å²) >= 11 is 0. The van der Waals surface area contributed by atoms with Crippen LogP contribution < -0.4 is 5.32 Å². The number of hydrogen-bond acceptors (Lipinski definition) is 3. The van der Waals surface area contributed by atoms with Crippen molar-refractivity contribution in [2.45, 2.75) is 69.1 Å². The number of nitrogens with one attached hydrogen (secondary N) is 1. The van der Waals surface area contributed by atoms with E-state index in [9.17, 15) is 9.59 Å². The zero-order chi connectivity index (χ0) is 18.8. The summed E-state index contributed by atoms with van der Waals surface area (Å²) in [7, 11) is 1.76. The van der Waals surface area contributed by atoms with Crippen LogP contribution in [0.15, 0.2) is 30.3 Å². The molecule has 1 aliphatic heterocycles. The smallest absolute Gasteiger partial charge is 0.225 e. The minimum absolute atomic E-state index is 0.0381. The largest absolute Gasteiger partial charge is 0.381 e. The van der Waals surface area contributed by atoms with Gasteiger partial charge in [-0.05, 0) is 37.2 Å². The van der Waals surface area contributed by atoms with Gasteiger partial charge in [0, 0.05) is 38.5 Å². The van der Waals surface area contributed by atoms with Gasteiger partial charge in [-0.2, -0.15) is 0 Å². The van der Waals surface area contributed by atoms with Crippen LogP contribution in [0.25, 0.3) is 0 Å². The second-order valence-electron chi connectivity index (χ2n) is 8.43. The van der Waals surface area contributed by atoms with Crippen molar-refractivity contribution < 1.29 is 14.3 Å². The maximum atomic E-state index is 12.5. The lowest BCUT2D eigenvalue weighted by Gasteiger charge is -2.28. The first-order valence-corrected chi connectivity index (χ1v) is 10.3. The highest BCUT2D eigenvalue weighted by atomic mass is 16.5. The third-order valence-electron chi connectivity index (χ3n) is 6.45. The van der Waals surface area contributed by atoms with Crippen molar-refractivity contribution in [3.8, 4) is 0 Å². The molecule has 1 heterocycles. The number of rotatable bonds is 6. The fourth-order valence-electron chi connectivity index (χ4n) is 4.92. The van der Waals surface area contributed by atoms with Crippen LogP contribution in [0.4, 0.5) is 0 Å². The predicted octanol–water partition coefficient (Wildman–Crippen LogP) is 2.85. The maximum Gasteiger partial charge on any atom is 0.225 e. The molecular weight excluding hydrogens is 340 g/mol. The summed E-state index contributed by atoms with van der Waals surface area (Å²) < 4.78 is 5.46. The molecule has 3 fully saturated rings. The molecule has 1 aromatic rings. The number of likely N-dealkylation sites (tertiary alicyclic amines) is 1. The van der Waals surface area contributed by atoms with Crippen LogP contribution in [-0.4, -0.2) is 48.6 Å². The van der Waals surface area contributed by atoms with E-state index >= 15 is 0 Å². The summed E-state index contributed by atoms with van der Waals surface area (Å²) in [6.07, 6.45) is 6.64. The number of hydrogen-bond donors (Lipinski definition) is 1. The molecule has 5 atom stereocenters. The maximum absolute atomic E-state index is 12.5. The number of carbonyl (C=O) groups is 2. The summed E-state index contributed by atoms with van der Waals surface area (Å²) in [5.41, 5.74) is 1.31. The second-order valence-corrected chi connectivity index (χ2v) is 8.43. The molecule has 1 saturated heterocycles. The third kappa shape index (κ3) is 4.34. The average Bonchev–Trinajstić information content (AvgIpc) is 3.39. The van der Waals surface area contributed by atoms with E-state index in [-0.39, 0.29) is 17.9 Å². The molecule has 1 aromatic carbocycles. The molecule has 1 N–H and O–H groups in total. The van der Waals surface area contributed by atoms with Crippen LogP contribution in [0.5, 0.6) is 0 Å². The van der Waals surface area contributed by atoms with Crippen LogP contribution in [0.1, 0.15) is 56.4 Å². The summed E-state index contributed by atoms with van der Waals surface area (Å²) in [4.78, 5) is 26.9. The van der Waals surface area contributed by atoms with Gasteiger partial charge in [-0.15, -0.1) is 0 Å². The molecule has 5 unspecified atom stereocenters. The van der Waals surface area contributed by atoms with Crippen molar-refractivity contribution in [2.24, 2.45) is 5.92 Å². The molecule has 27 heavy (non-hydrogen) atoms. The minimum atomic E-state index is -0.0381. The standard InChI is InChI=1S/C22H30N2O3/c1-27-18-9-5-6-15(10-18)11-21(25)23-17-12-22(26)24(14-17)20-13-19(20)16-7-3-2-4-8-16/h2-4,7-8,15,17-20H,5-6,9-14H2,1H3,(H,23,25). The predicted molar refractivity (Wildman–Crippen MR) is 103 cm³/mol. The average molecular weight is 370 g/mol. The number of ether oxygens (including phenoxy) is 1. The Bertz CT molecular complexity index is 677. The van der Waals surface area contributed by atoms with Crippen molar-refractivity contribution in [1.82, 2.24) is 10.2 Å². The lowest BCUT2D eigenvalue weighted by molar-refractivity contribution is -0.128. The van der Waals surface area contributed by atoms with Crippen LogP contribution >= 0.6 is 0 Å². The molecule has 0 radical (unpaired) electrons. The molecule has 2 amide bonds. The Hall–Kier alpha value is -1.88. The molecule has 2 saturated carbocycles. The van der Waals surface area contributed by atoms with Gasteiger partial charge >= 0.3 is 0 Å². The summed E-state index contributed by atoms with van der Waals surface area (Å²) in [5, 5.41) is 3.11. The molecule has 146 valence electrons. The number of nitrogens with zero attached hydrogens (tertiary/aromatic N) is 1. The first-order valence-electron chi connectivity index (χ1n) is 10.3. The van der Waals surface area contributed by atoms with E-state index in [1.54, 1.807) is 7.11 Å². The Balaban J connectivity index is 1.25. The van der Waals surface area contributed by atoms with E-state index in [4.69, 9.17) is 4.74 Å². The normalized spacial score (nSPS) is 33.1. The van der Waals surface area contributed by atoms with Gasteiger partial charge in [-0.1, -0.05) is 36.8 Å². The zero-order valence-corrected chi connectivity index (χ0v) is 16.1. The Morgan fingerprint density at radius 2 is 2.04 bits per heavy atom. The fourth-order valence-corrected chi connectivity index (χ4v) is 4.92. The molecular formula is C22H30N2O3. The van der Waals surface area contributed by atoms with E-state index in [1.807, 2.05) is 11.0 Å². The molecule has 5 heteroatoms. The third-order valence-corrected chi connectivity index (χ3v) is 6.45. The molecule has 4 rings (SSSR count). The van der Waals surface area contributed by atoms with Gasteiger partial charge in [0.05, 0.1) is 12.1 Å². The number of amides is 2. The van der Waals surface area contributed by atoms with E-state index in [2.05, 4.69) is 29.6 Å². The Labute approximate surface area is 161 Å². The first-order chi connectivity index (χ1) is 13.1. The first kappa shape index (κ1) is 18.5. The Morgan fingerprint density at radius 1 is 1.22 bits per heavy atom. The molecule has 0 aromatic heterocycles. The molecule has 0 spiro atoms. The summed E-state index contributed by atoms with van der Waals surface area (Å²) in [5.74, 6) is 1.13.